The van der Waals surface area contributed by atoms with E-state index in [-0.39, 0.29) is 5.82 Å². The molecule has 0 heterocycles. The highest BCUT2D eigenvalue weighted by Gasteiger charge is 2.09. The zero-order valence-electron chi connectivity index (χ0n) is 13.2. The summed E-state index contributed by atoms with van der Waals surface area (Å²) in [4.78, 5) is 1.93. The third-order valence-electron chi connectivity index (χ3n) is 3.50. The van der Waals surface area contributed by atoms with Gasteiger partial charge in [-0.15, -0.1) is 0 Å². The number of halogens is 1. The number of anilines is 1. The van der Waals surface area contributed by atoms with Crippen LogP contribution in [0.2, 0.25) is 0 Å². The molecule has 0 saturated carbocycles. The van der Waals surface area contributed by atoms with E-state index in [4.69, 9.17) is 4.74 Å². The van der Waals surface area contributed by atoms with Crippen LogP contribution < -0.4 is 10.2 Å². The maximum atomic E-state index is 14.1. The van der Waals surface area contributed by atoms with Crippen LogP contribution in [0.5, 0.6) is 0 Å². The van der Waals surface area contributed by atoms with Gasteiger partial charge in [-0.25, -0.2) is 4.39 Å². The van der Waals surface area contributed by atoms with Gasteiger partial charge in [-0.3, -0.25) is 0 Å². The lowest BCUT2D eigenvalue weighted by molar-refractivity contribution is 0.199. The van der Waals surface area contributed by atoms with Crippen molar-refractivity contribution in [3.8, 4) is 0 Å². The van der Waals surface area contributed by atoms with E-state index in [1.54, 1.807) is 7.11 Å². The summed E-state index contributed by atoms with van der Waals surface area (Å²) in [5.74, 6) is -0.195. The predicted molar refractivity (Wildman–Crippen MR) is 88.5 cm³/mol. The maximum Gasteiger partial charge on any atom is 0.146 e. The molecule has 4 heteroatoms. The van der Waals surface area contributed by atoms with Crippen molar-refractivity contribution in [3.63, 3.8) is 0 Å². The number of hydrogen-bond donors (Lipinski definition) is 1. The van der Waals surface area contributed by atoms with Crippen molar-refractivity contribution >= 4 is 5.69 Å². The Morgan fingerprint density at radius 2 is 1.86 bits per heavy atom. The van der Waals surface area contributed by atoms with Crippen LogP contribution >= 0.6 is 0 Å². The van der Waals surface area contributed by atoms with Crippen molar-refractivity contribution in [2.75, 3.05) is 32.2 Å². The molecule has 0 radical (unpaired) electrons. The van der Waals surface area contributed by atoms with Crippen LogP contribution in [0.15, 0.2) is 48.5 Å². The molecule has 0 atom stereocenters. The van der Waals surface area contributed by atoms with Gasteiger partial charge in [0.1, 0.15) is 5.82 Å². The first-order chi connectivity index (χ1) is 10.7. The molecule has 2 aromatic rings. The SMILES string of the molecule is COCCNCc1ccc(F)c(N(C)Cc2ccccc2)c1. The van der Waals surface area contributed by atoms with Crippen LogP contribution in [0.3, 0.4) is 0 Å². The van der Waals surface area contributed by atoms with Crippen LogP contribution in [0.1, 0.15) is 11.1 Å². The molecule has 3 nitrogen and oxygen atoms in total. The zero-order valence-corrected chi connectivity index (χ0v) is 13.2. The molecule has 0 bridgehead atoms. The Hall–Kier alpha value is -1.91. The first-order valence-electron chi connectivity index (χ1n) is 7.44. The Balaban J connectivity index is 2.02. The highest BCUT2D eigenvalue weighted by atomic mass is 19.1. The maximum absolute atomic E-state index is 14.1. The Kier molecular flexibility index (Phi) is 6.37. The summed E-state index contributed by atoms with van der Waals surface area (Å²) in [6.45, 7) is 2.83. The Morgan fingerprint density at radius 1 is 1.09 bits per heavy atom. The average molecular weight is 302 g/mol. The van der Waals surface area contributed by atoms with Crippen molar-refractivity contribution in [3.05, 3.63) is 65.5 Å². The molecule has 1 N–H and O–H groups in total. The molecule has 0 saturated heterocycles. The van der Waals surface area contributed by atoms with Crippen LogP contribution in [-0.2, 0) is 17.8 Å². The monoisotopic (exact) mass is 302 g/mol. The molecular formula is C18H23FN2O. The number of methoxy groups -OCH3 is 1. The van der Waals surface area contributed by atoms with Gasteiger partial charge < -0.3 is 15.0 Å². The van der Waals surface area contributed by atoms with E-state index in [0.717, 1.165) is 17.7 Å². The van der Waals surface area contributed by atoms with Gasteiger partial charge in [0, 0.05) is 33.8 Å². The summed E-state index contributed by atoms with van der Waals surface area (Å²) in [7, 11) is 3.59. The molecule has 0 aliphatic carbocycles. The molecule has 0 unspecified atom stereocenters. The normalized spacial score (nSPS) is 10.7. The van der Waals surface area contributed by atoms with Gasteiger partial charge in [0.2, 0.25) is 0 Å². The van der Waals surface area contributed by atoms with E-state index in [1.807, 2.05) is 54.4 Å². The smallest absolute Gasteiger partial charge is 0.146 e. The Bertz CT molecular complexity index is 575. The number of nitrogens with zero attached hydrogens (tertiary/aromatic N) is 1. The van der Waals surface area contributed by atoms with E-state index in [0.29, 0.717) is 25.4 Å². The lowest BCUT2D eigenvalue weighted by Gasteiger charge is -2.21. The quantitative estimate of drug-likeness (QED) is 0.758. The molecule has 22 heavy (non-hydrogen) atoms. The van der Waals surface area contributed by atoms with Crippen molar-refractivity contribution in [1.82, 2.24) is 5.32 Å². The predicted octanol–water partition coefficient (Wildman–Crippen LogP) is 3.20. The molecule has 2 rings (SSSR count). The third kappa shape index (κ3) is 4.83. The number of hydrogen-bond acceptors (Lipinski definition) is 3. The minimum atomic E-state index is -0.195. The molecule has 0 fully saturated rings. The van der Waals surface area contributed by atoms with Gasteiger partial charge in [-0.05, 0) is 23.3 Å². The minimum Gasteiger partial charge on any atom is -0.383 e. The fourth-order valence-electron chi connectivity index (χ4n) is 2.31. The van der Waals surface area contributed by atoms with Crippen LogP contribution in [0.4, 0.5) is 10.1 Å². The first-order valence-corrected chi connectivity index (χ1v) is 7.44. The molecule has 0 aliphatic rings. The lowest BCUT2D eigenvalue weighted by Crippen LogP contribution is -2.20. The van der Waals surface area contributed by atoms with Crippen molar-refractivity contribution in [2.45, 2.75) is 13.1 Å². The van der Waals surface area contributed by atoms with E-state index in [1.165, 1.54) is 6.07 Å². The lowest BCUT2D eigenvalue weighted by atomic mass is 10.1. The second-order valence-electron chi connectivity index (χ2n) is 5.30. The van der Waals surface area contributed by atoms with Crippen LogP contribution in [0, 0.1) is 5.82 Å². The molecule has 2 aromatic carbocycles. The molecule has 118 valence electrons. The summed E-state index contributed by atoms with van der Waals surface area (Å²) in [5.41, 5.74) is 2.84. The minimum absolute atomic E-state index is 0.195. The van der Waals surface area contributed by atoms with Crippen LogP contribution in [-0.4, -0.2) is 27.3 Å². The number of nitrogens with one attached hydrogen (secondary N) is 1. The number of rotatable bonds is 8. The Labute approximate surface area is 131 Å². The summed E-state index contributed by atoms with van der Waals surface area (Å²) in [6.07, 6.45) is 0. The van der Waals surface area contributed by atoms with Gasteiger partial charge >= 0.3 is 0 Å². The highest BCUT2D eigenvalue weighted by Crippen LogP contribution is 2.21. The molecular weight excluding hydrogens is 279 g/mol. The summed E-state index contributed by atoms with van der Waals surface area (Å²) in [6, 6.07) is 15.3. The number of ether oxygens (including phenoxy) is 1. The van der Waals surface area contributed by atoms with Crippen molar-refractivity contribution < 1.29 is 9.13 Å². The standard InChI is InChI=1S/C18H23FN2O/c1-21(14-15-6-4-3-5-7-15)18-12-16(8-9-17(18)19)13-20-10-11-22-2/h3-9,12,20H,10-11,13-14H2,1-2H3. The molecule has 0 aromatic heterocycles. The first kappa shape index (κ1) is 16.5. The van der Waals surface area contributed by atoms with Gasteiger partial charge in [0.15, 0.2) is 0 Å². The van der Waals surface area contributed by atoms with Gasteiger partial charge in [0.05, 0.1) is 12.3 Å². The summed E-state index contributed by atoms with van der Waals surface area (Å²) in [5, 5.41) is 3.27. The second-order valence-corrected chi connectivity index (χ2v) is 5.30. The summed E-state index contributed by atoms with van der Waals surface area (Å²) >= 11 is 0. The zero-order chi connectivity index (χ0) is 15.8. The van der Waals surface area contributed by atoms with Gasteiger partial charge in [-0.1, -0.05) is 36.4 Å². The van der Waals surface area contributed by atoms with Crippen LogP contribution in [0.25, 0.3) is 0 Å². The van der Waals surface area contributed by atoms with E-state index >= 15 is 0 Å². The average Bonchev–Trinajstić information content (AvgIpc) is 2.54. The van der Waals surface area contributed by atoms with Crippen molar-refractivity contribution in [1.29, 1.82) is 0 Å². The Morgan fingerprint density at radius 3 is 2.59 bits per heavy atom. The van der Waals surface area contributed by atoms with E-state index < -0.39 is 0 Å². The highest BCUT2D eigenvalue weighted by molar-refractivity contribution is 5.50. The largest absolute Gasteiger partial charge is 0.383 e. The molecule has 0 spiro atoms. The van der Waals surface area contributed by atoms with E-state index in [2.05, 4.69) is 5.32 Å². The molecule has 0 aliphatic heterocycles. The number of benzene rings is 2. The summed E-state index contributed by atoms with van der Waals surface area (Å²) < 4.78 is 19.1. The van der Waals surface area contributed by atoms with E-state index in [9.17, 15) is 4.39 Å². The second kappa shape index (κ2) is 8.51. The third-order valence-corrected chi connectivity index (χ3v) is 3.50. The molecule has 0 amide bonds. The topological polar surface area (TPSA) is 24.5 Å². The fourth-order valence-corrected chi connectivity index (χ4v) is 2.31. The van der Waals surface area contributed by atoms with Gasteiger partial charge in [0.25, 0.3) is 0 Å². The van der Waals surface area contributed by atoms with Crippen molar-refractivity contribution in [2.24, 2.45) is 0 Å². The van der Waals surface area contributed by atoms with Gasteiger partial charge in [-0.2, -0.15) is 0 Å². The fraction of sp³-hybridized carbons (Fsp3) is 0.333.